The fraction of sp³-hybridized carbons (Fsp3) is 0.400. The van der Waals surface area contributed by atoms with E-state index in [1.165, 1.54) is 0 Å². The Morgan fingerprint density at radius 3 is 2.07 bits per heavy atom. The van der Waals surface area contributed by atoms with Crippen LogP contribution in [0.3, 0.4) is 0 Å². The largest absolute Gasteiger partial charge is 0.213 e. The Morgan fingerprint density at radius 2 is 1.67 bits per heavy atom. The zero-order chi connectivity index (χ0) is 11.7. The van der Waals surface area contributed by atoms with Gasteiger partial charge < -0.3 is 0 Å². The molecule has 3 nitrogen and oxygen atoms in total. The fourth-order valence-electron chi connectivity index (χ4n) is 1.39. The van der Waals surface area contributed by atoms with Gasteiger partial charge in [0.05, 0.1) is 11.8 Å². The predicted octanol–water partition coefficient (Wildman–Crippen LogP) is 2.12. The molecule has 0 radical (unpaired) electrons. The molecule has 0 amide bonds. The first-order valence-electron chi connectivity index (χ1n) is 4.46. The summed E-state index contributed by atoms with van der Waals surface area (Å²) in [6, 6.07) is 7.09. The van der Waals surface area contributed by atoms with Gasteiger partial charge >= 0.3 is 0 Å². The maximum atomic E-state index is 11.1. The Hall–Kier alpha value is -0.580. The van der Waals surface area contributed by atoms with Crippen molar-refractivity contribution in [2.45, 2.75) is 19.4 Å². The molecule has 0 aromatic heterocycles. The van der Waals surface area contributed by atoms with E-state index < -0.39 is 15.6 Å². The Labute approximate surface area is 95.5 Å². The molecule has 0 aliphatic rings. The number of rotatable bonds is 3. The van der Waals surface area contributed by atoms with Crippen molar-refractivity contribution in [1.29, 1.82) is 0 Å². The number of sulfonamides is 1. The summed E-state index contributed by atoms with van der Waals surface area (Å²) in [6.45, 7) is 3.61. The molecular formula is C10H14ClNO2S. The normalized spacial score (nSPS) is 12.8. The lowest BCUT2D eigenvalue weighted by Gasteiger charge is -2.25. The molecular weight excluding hydrogens is 234 g/mol. The summed E-state index contributed by atoms with van der Waals surface area (Å²) in [7, 11) is -3.22. The van der Waals surface area contributed by atoms with Gasteiger partial charge in [-0.15, -0.1) is 0 Å². The molecule has 0 aliphatic carbocycles. The summed E-state index contributed by atoms with van der Waals surface area (Å²) in [5.41, 5.74) is 0.246. The monoisotopic (exact) mass is 247 g/mol. The Balaban J connectivity index is 3.00. The van der Waals surface area contributed by atoms with Gasteiger partial charge in [0.1, 0.15) is 0 Å². The highest BCUT2D eigenvalue weighted by atomic mass is 35.5. The van der Waals surface area contributed by atoms with Crippen LogP contribution in [0.1, 0.15) is 19.4 Å². The van der Waals surface area contributed by atoms with Gasteiger partial charge in [-0.25, -0.2) is 13.1 Å². The molecule has 0 heterocycles. The molecule has 5 heteroatoms. The summed E-state index contributed by atoms with van der Waals surface area (Å²) in [5, 5.41) is 0.633. The summed E-state index contributed by atoms with van der Waals surface area (Å²) in [5.74, 6) is 0. The summed E-state index contributed by atoms with van der Waals surface area (Å²) in [4.78, 5) is 0. The van der Waals surface area contributed by atoms with Crippen molar-refractivity contribution in [2.75, 3.05) is 6.26 Å². The Bertz CT molecular complexity index is 437. The average Bonchev–Trinajstić information content (AvgIpc) is 2.00. The molecule has 15 heavy (non-hydrogen) atoms. The highest BCUT2D eigenvalue weighted by Gasteiger charge is 2.23. The number of benzene rings is 1. The van der Waals surface area contributed by atoms with Crippen LogP contribution in [0.2, 0.25) is 5.02 Å². The summed E-state index contributed by atoms with van der Waals surface area (Å²) in [6.07, 6.45) is 1.14. The maximum Gasteiger partial charge on any atom is 0.209 e. The molecule has 0 saturated carbocycles. The lowest BCUT2D eigenvalue weighted by atomic mass is 9.96. The third kappa shape index (κ3) is 3.81. The molecule has 0 aliphatic heterocycles. The first-order valence-corrected chi connectivity index (χ1v) is 6.73. The lowest BCUT2D eigenvalue weighted by molar-refractivity contribution is 0.475. The third-order valence-corrected chi connectivity index (χ3v) is 3.14. The number of halogens is 1. The van der Waals surface area contributed by atoms with Crippen molar-refractivity contribution in [3.05, 3.63) is 34.9 Å². The fourth-order valence-corrected chi connectivity index (χ4v) is 2.56. The lowest BCUT2D eigenvalue weighted by Crippen LogP contribution is -2.40. The van der Waals surface area contributed by atoms with Gasteiger partial charge in [-0.1, -0.05) is 23.7 Å². The number of hydrogen-bond donors (Lipinski definition) is 1. The first-order chi connectivity index (χ1) is 6.71. The molecule has 0 unspecified atom stereocenters. The van der Waals surface area contributed by atoms with Crippen molar-refractivity contribution in [2.24, 2.45) is 0 Å². The van der Waals surface area contributed by atoms with Gasteiger partial charge in [0, 0.05) is 5.02 Å². The SMILES string of the molecule is CC(C)(NS(C)(=O)=O)c1ccc(Cl)cc1. The van der Waals surface area contributed by atoms with Crippen LogP contribution in [-0.4, -0.2) is 14.7 Å². The summed E-state index contributed by atoms with van der Waals surface area (Å²) >= 11 is 5.76. The first kappa shape index (κ1) is 12.5. The van der Waals surface area contributed by atoms with Crippen LogP contribution in [0.15, 0.2) is 24.3 Å². The number of hydrogen-bond acceptors (Lipinski definition) is 2. The molecule has 1 N–H and O–H groups in total. The molecule has 84 valence electrons. The second kappa shape index (κ2) is 4.12. The van der Waals surface area contributed by atoms with Gasteiger partial charge in [-0.3, -0.25) is 0 Å². The van der Waals surface area contributed by atoms with Crippen LogP contribution in [0.5, 0.6) is 0 Å². The molecule has 1 aromatic carbocycles. The van der Waals surface area contributed by atoms with Gasteiger partial charge in [0.2, 0.25) is 10.0 Å². The average molecular weight is 248 g/mol. The minimum Gasteiger partial charge on any atom is -0.213 e. The Morgan fingerprint density at radius 1 is 1.20 bits per heavy atom. The second-order valence-electron chi connectivity index (χ2n) is 4.01. The van der Waals surface area contributed by atoms with E-state index in [1.807, 2.05) is 0 Å². The van der Waals surface area contributed by atoms with Crippen LogP contribution in [-0.2, 0) is 15.6 Å². The van der Waals surface area contributed by atoms with Crippen molar-refractivity contribution >= 4 is 21.6 Å². The maximum absolute atomic E-state index is 11.1. The zero-order valence-corrected chi connectivity index (χ0v) is 10.5. The molecule has 0 bridgehead atoms. The molecule has 0 fully saturated rings. The minimum atomic E-state index is -3.22. The van der Waals surface area contributed by atoms with E-state index in [4.69, 9.17) is 11.6 Å². The molecule has 1 rings (SSSR count). The van der Waals surface area contributed by atoms with Gasteiger partial charge in [0.25, 0.3) is 0 Å². The summed E-state index contributed by atoms with van der Waals surface area (Å²) < 4.78 is 24.9. The molecule has 0 spiro atoms. The second-order valence-corrected chi connectivity index (χ2v) is 6.19. The van der Waals surface area contributed by atoms with E-state index >= 15 is 0 Å². The predicted molar refractivity (Wildman–Crippen MR) is 62.5 cm³/mol. The zero-order valence-electron chi connectivity index (χ0n) is 8.91. The van der Waals surface area contributed by atoms with E-state index in [-0.39, 0.29) is 0 Å². The molecule has 0 atom stereocenters. The Kier molecular flexibility index (Phi) is 3.43. The van der Waals surface area contributed by atoms with E-state index in [1.54, 1.807) is 38.1 Å². The van der Waals surface area contributed by atoms with E-state index in [9.17, 15) is 8.42 Å². The topological polar surface area (TPSA) is 46.2 Å². The highest BCUT2D eigenvalue weighted by Crippen LogP contribution is 2.22. The van der Waals surface area contributed by atoms with Crippen molar-refractivity contribution in [3.63, 3.8) is 0 Å². The van der Waals surface area contributed by atoms with Crippen LogP contribution in [0.25, 0.3) is 0 Å². The van der Waals surface area contributed by atoms with Crippen LogP contribution < -0.4 is 4.72 Å². The van der Waals surface area contributed by atoms with E-state index in [2.05, 4.69) is 4.72 Å². The molecule has 1 aromatic rings. The smallest absolute Gasteiger partial charge is 0.209 e. The standard InChI is InChI=1S/C10H14ClNO2S/c1-10(2,12-15(3,13)14)8-4-6-9(11)7-5-8/h4-7,12H,1-3H3. The quantitative estimate of drug-likeness (QED) is 0.890. The minimum absolute atomic E-state index is 0.627. The third-order valence-electron chi connectivity index (χ3n) is 2.01. The van der Waals surface area contributed by atoms with Crippen molar-refractivity contribution < 1.29 is 8.42 Å². The van der Waals surface area contributed by atoms with Gasteiger partial charge in [0.15, 0.2) is 0 Å². The van der Waals surface area contributed by atoms with E-state index in [0.29, 0.717) is 5.02 Å². The van der Waals surface area contributed by atoms with E-state index in [0.717, 1.165) is 11.8 Å². The van der Waals surface area contributed by atoms with Crippen LogP contribution in [0.4, 0.5) is 0 Å². The van der Waals surface area contributed by atoms with Crippen molar-refractivity contribution in [3.8, 4) is 0 Å². The van der Waals surface area contributed by atoms with Gasteiger partial charge in [-0.2, -0.15) is 0 Å². The van der Waals surface area contributed by atoms with Crippen LogP contribution in [0, 0.1) is 0 Å². The van der Waals surface area contributed by atoms with Crippen LogP contribution >= 0.6 is 11.6 Å². The molecule has 0 saturated heterocycles. The van der Waals surface area contributed by atoms with Gasteiger partial charge in [-0.05, 0) is 31.5 Å². The van der Waals surface area contributed by atoms with Crippen molar-refractivity contribution in [1.82, 2.24) is 4.72 Å². The highest BCUT2D eigenvalue weighted by molar-refractivity contribution is 7.88. The number of nitrogens with one attached hydrogen (secondary N) is 1.